The molecule has 0 spiro atoms. The van der Waals surface area contributed by atoms with Crippen LogP contribution in [0.15, 0.2) is 47.8 Å². The molecule has 1 amide bonds. The lowest BCUT2D eigenvalue weighted by molar-refractivity contribution is -0.128. The molecule has 12 heteroatoms. The highest BCUT2D eigenvalue weighted by atomic mass is 35.5. The standard InChI is InChI=1S/C36H42ClFN8O2/c1-8-29(47)44-17-23(7)45(18-22(44)6)34-25-16-26(37)32(24-12-9-10-13-27(24)38)41-35(25)46(36(48)42-34)33-30(20(2)3)39-28(19-43-14-11-15-43)40-31(33)21(4)5/h8-10,12-13,16,20-23H,1,11,14-15,17-19H2,2-7H3. The van der Waals surface area contributed by atoms with E-state index in [1.54, 1.807) is 29.2 Å². The van der Waals surface area contributed by atoms with Crippen LogP contribution in [0.3, 0.4) is 0 Å². The van der Waals surface area contributed by atoms with Gasteiger partial charge in [0.1, 0.15) is 17.5 Å². The summed E-state index contributed by atoms with van der Waals surface area (Å²) >= 11 is 6.90. The Balaban J connectivity index is 1.64. The normalized spacial score (nSPS) is 18.5. The molecule has 10 nitrogen and oxygen atoms in total. The van der Waals surface area contributed by atoms with E-state index in [2.05, 4.69) is 11.5 Å². The zero-order chi connectivity index (χ0) is 34.4. The van der Waals surface area contributed by atoms with E-state index in [0.717, 1.165) is 19.5 Å². The molecule has 0 radical (unpaired) electrons. The zero-order valence-electron chi connectivity index (χ0n) is 28.4. The van der Waals surface area contributed by atoms with Gasteiger partial charge in [0.15, 0.2) is 5.65 Å². The first-order chi connectivity index (χ1) is 22.9. The number of likely N-dealkylation sites (tertiary alicyclic amines) is 1. The van der Waals surface area contributed by atoms with E-state index < -0.39 is 11.5 Å². The van der Waals surface area contributed by atoms with Crippen molar-refractivity contribution in [1.29, 1.82) is 0 Å². The third-order valence-corrected chi connectivity index (χ3v) is 9.55. The van der Waals surface area contributed by atoms with Gasteiger partial charge in [-0.1, -0.05) is 58.0 Å². The van der Waals surface area contributed by atoms with Crippen LogP contribution in [-0.2, 0) is 11.3 Å². The average molecular weight is 673 g/mol. The highest BCUT2D eigenvalue weighted by Gasteiger charge is 2.34. The quantitative estimate of drug-likeness (QED) is 0.207. The summed E-state index contributed by atoms with van der Waals surface area (Å²) in [7, 11) is 0. The van der Waals surface area contributed by atoms with E-state index >= 15 is 4.39 Å². The van der Waals surface area contributed by atoms with E-state index in [4.69, 9.17) is 31.5 Å². The molecule has 4 aromatic rings. The zero-order valence-corrected chi connectivity index (χ0v) is 29.1. The maximum Gasteiger partial charge on any atom is 0.355 e. The smallest absolute Gasteiger partial charge is 0.349 e. The number of fused-ring (bicyclic) bond motifs is 1. The lowest BCUT2D eigenvalue weighted by Gasteiger charge is -2.44. The first-order valence-corrected chi connectivity index (χ1v) is 17.0. The molecule has 0 aliphatic carbocycles. The molecular formula is C36H42ClFN8O2. The number of halogens is 2. The molecule has 2 atom stereocenters. The maximum absolute atomic E-state index is 15.2. The fourth-order valence-corrected chi connectivity index (χ4v) is 6.85. The van der Waals surface area contributed by atoms with Crippen LogP contribution in [-0.4, -0.2) is 78.5 Å². The van der Waals surface area contributed by atoms with E-state index in [-0.39, 0.29) is 51.8 Å². The molecule has 6 rings (SSSR count). The number of piperazine rings is 1. The van der Waals surface area contributed by atoms with Gasteiger partial charge in [0.25, 0.3) is 0 Å². The number of hydrogen-bond donors (Lipinski definition) is 0. The Morgan fingerprint density at radius 2 is 1.69 bits per heavy atom. The number of hydrogen-bond acceptors (Lipinski definition) is 8. The Morgan fingerprint density at radius 3 is 2.27 bits per heavy atom. The largest absolute Gasteiger partial charge is 0.355 e. The summed E-state index contributed by atoms with van der Waals surface area (Å²) in [6.07, 6.45) is 2.47. The van der Waals surface area contributed by atoms with Crippen molar-refractivity contribution in [3.05, 3.63) is 81.5 Å². The lowest BCUT2D eigenvalue weighted by Crippen LogP contribution is -2.58. The molecule has 0 saturated carbocycles. The number of nitrogens with zero attached hydrogens (tertiary/aromatic N) is 8. The molecule has 2 saturated heterocycles. The second-order valence-electron chi connectivity index (χ2n) is 13.5. The average Bonchev–Trinajstić information content (AvgIpc) is 3.03. The van der Waals surface area contributed by atoms with E-state index in [1.807, 2.05) is 46.4 Å². The molecule has 1 aromatic carbocycles. The first kappa shape index (κ1) is 33.7. The summed E-state index contributed by atoms with van der Waals surface area (Å²) in [5.41, 5.74) is 2.12. The van der Waals surface area contributed by atoms with Crippen molar-refractivity contribution >= 4 is 34.4 Å². The molecule has 5 heterocycles. The minimum Gasteiger partial charge on any atom is -0.349 e. The topological polar surface area (TPSA) is 100 Å². The molecule has 0 bridgehead atoms. The van der Waals surface area contributed by atoms with Gasteiger partial charge < -0.3 is 9.80 Å². The van der Waals surface area contributed by atoms with Crippen molar-refractivity contribution in [3.63, 3.8) is 0 Å². The molecule has 2 aliphatic rings. The molecule has 0 N–H and O–H groups in total. The number of pyridine rings is 1. The minimum absolute atomic E-state index is 0.0630. The predicted octanol–water partition coefficient (Wildman–Crippen LogP) is 6.09. The summed E-state index contributed by atoms with van der Waals surface area (Å²) < 4.78 is 16.7. The molecule has 2 unspecified atom stereocenters. The summed E-state index contributed by atoms with van der Waals surface area (Å²) in [6, 6.07) is 7.64. The second kappa shape index (κ2) is 13.4. The third-order valence-electron chi connectivity index (χ3n) is 9.26. The number of anilines is 1. The number of benzene rings is 1. The van der Waals surface area contributed by atoms with Crippen LogP contribution < -0.4 is 10.6 Å². The monoisotopic (exact) mass is 672 g/mol. The van der Waals surface area contributed by atoms with Gasteiger partial charge in [0.2, 0.25) is 5.91 Å². The maximum atomic E-state index is 15.2. The summed E-state index contributed by atoms with van der Waals surface area (Å²) in [5, 5.41) is 0.743. The van der Waals surface area contributed by atoms with E-state index in [0.29, 0.717) is 53.7 Å². The SMILES string of the molecule is C=CC(=O)N1CC(C)N(c2nc(=O)n(-c3c(C(C)C)nc(CN4CCC4)nc3C(C)C)c3nc(-c4ccccc4F)c(Cl)cc23)CC1C. The van der Waals surface area contributed by atoms with Gasteiger partial charge in [0.05, 0.1) is 39.7 Å². The van der Waals surface area contributed by atoms with Gasteiger partial charge in [-0.25, -0.2) is 28.7 Å². The van der Waals surface area contributed by atoms with Gasteiger partial charge in [-0.15, -0.1) is 0 Å². The van der Waals surface area contributed by atoms with Crippen LogP contribution in [0.5, 0.6) is 0 Å². The molecule has 2 aliphatic heterocycles. The number of amides is 1. The molecular weight excluding hydrogens is 631 g/mol. The Kier molecular flexibility index (Phi) is 9.37. The Labute approximate surface area is 285 Å². The van der Waals surface area contributed by atoms with Crippen molar-refractivity contribution in [3.8, 4) is 16.9 Å². The second-order valence-corrected chi connectivity index (χ2v) is 13.9. The van der Waals surface area contributed by atoms with E-state index in [1.165, 1.54) is 16.7 Å². The van der Waals surface area contributed by atoms with Crippen LogP contribution in [0.4, 0.5) is 10.2 Å². The van der Waals surface area contributed by atoms with E-state index in [9.17, 15) is 9.59 Å². The van der Waals surface area contributed by atoms with Crippen LogP contribution in [0.1, 0.15) is 77.0 Å². The Hall–Kier alpha value is -4.22. The van der Waals surface area contributed by atoms with Crippen molar-refractivity contribution in [1.82, 2.24) is 34.3 Å². The fourth-order valence-electron chi connectivity index (χ4n) is 6.60. The fraction of sp³-hybridized carbons (Fsp3) is 0.444. The summed E-state index contributed by atoms with van der Waals surface area (Å²) in [4.78, 5) is 52.9. The van der Waals surface area contributed by atoms with Gasteiger partial charge in [-0.2, -0.15) is 4.98 Å². The van der Waals surface area contributed by atoms with Gasteiger partial charge in [-0.05, 0) is 69.5 Å². The highest BCUT2D eigenvalue weighted by Crippen LogP contribution is 2.37. The highest BCUT2D eigenvalue weighted by molar-refractivity contribution is 6.33. The molecule has 3 aromatic heterocycles. The van der Waals surface area contributed by atoms with Crippen LogP contribution in [0, 0.1) is 5.82 Å². The van der Waals surface area contributed by atoms with Crippen molar-refractivity contribution in [2.45, 2.75) is 78.4 Å². The lowest BCUT2D eigenvalue weighted by atomic mass is 10.0. The summed E-state index contributed by atoms with van der Waals surface area (Å²) in [5.74, 6) is 0.355. The molecule has 2 fully saturated rings. The number of rotatable bonds is 8. The molecule has 48 heavy (non-hydrogen) atoms. The number of carbonyl (C=O) groups is 1. The van der Waals surface area contributed by atoms with Crippen LogP contribution in [0.25, 0.3) is 28.0 Å². The van der Waals surface area contributed by atoms with Crippen LogP contribution >= 0.6 is 11.6 Å². The minimum atomic E-state index is -0.556. The van der Waals surface area contributed by atoms with Crippen molar-refractivity contribution in [2.75, 3.05) is 31.1 Å². The van der Waals surface area contributed by atoms with Crippen molar-refractivity contribution < 1.29 is 9.18 Å². The predicted molar refractivity (Wildman–Crippen MR) is 187 cm³/mol. The van der Waals surface area contributed by atoms with Gasteiger partial charge in [0, 0.05) is 30.7 Å². The molecule has 252 valence electrons. The number of aromatic nitrogens is 5. The third kappa shape index (κ3) is 6.09. The van der Waals surface area contributed by atoms with Crippen LogP contribution in [0.2, 0.25) is 5.02 Å². The van der Waals surface area contributed by atoms with Crippen molar-refractivity contribution in [2.24, 2.45) is 0 Å². The Bertz CT molecular complexity index is 1930. The first-order valence-electron chi connectivity index (χ1n) is 16.6. The van der Waals surface area contributed by atoms with Gasteiger partial charge in [-0.3, -0.25) is 9.69 Å². The van der Waals surface area contributed by atoms with Gasteiger partial charge >= 0.3 is 5.69 Å². The number of carbonyl (C=O) groups excluding carboxylic acids is 1. The summed E-state index contributed by atoms with van der Waals surface area (Å²) in [6.45, 7) is 19.2. The Morgan fingerprint density at radius 1 is 1.02 bits per heavy atom.